The molecule has 0 saturated heterocycles. The summed E-state index contributed by atoms with van der Waals surface area (Å²) in [5.74, 6) is 3.58. The number of anilines is 3. The van der Waals surface area contributed by atoms with Crippen LogP contribution in [0.15, 0.2) is 60.8 Å². The number of benzene rings is 2. The van der Waals surface area contributed by atoms with E-state index in [4.69, 9.17) is 14.2 Å². The Hall–Kier alpha value is -3.48. The van der Waals surface area contributed by atoms with E-state index in [1.807, 2.05) is 54.6 Å². The van der Waals surface area contributed by atoms with E-state index < -0.39 is 0 Å². The van der Waals surface area contributed by atoms with Crippen LogP contribution in [0.2, 0.25) is 0 Å². The molecule has 1 aromatic heterocycles. The van der Waals surface area contributed by atoms with Crippen LogP contribution in [0.4, 0.5) is 17.5 Å². The number of hydrogen-bond acceptors (Lipinski definition) is 7. The summed E-state index contributed by atoms with van der Waals surface area (Å²) in [6, 6.07) is 16.9. The molecule has 0 spiro atoms. The van der Waals surface area contributed by atoms with Crippen molar-refractivity contribution in [2.45, 2.75) is 0 Å². The Balaban J connectivity index is 1.49. The number of methoxy groups -OCH3 is 2. The van der Waals surface area contributed by atoms with E-state index >= 15 is 0 Å². The summed E-state index contributed by atoms with van der Waals surface area (Å²) < 4.78 is 16.0. The van der Waals surface area contributed by atoms with Crippen molar-refractivity contribution in [3.05, 3.63) is 60.8 Å². The number of nitrogens with zero attached hydrogens (tertiary/aromatic N) is 2. The van der Waals surface area contributed by atoms with E-state index in [-0.39, 0.29) is 0 Å². The molecule has 0 saturated carbocycles. The lowest BCUT2D eigenvalue weighted by molar-refractivity contribution is 0.331. The monoisotopic (exact) mass is 366 g/mol. The van der Waals surface area contributed by atoms with Crippen LogP contribution in [-0.2, 0) is 0 Å². The Bertz CT molecular complexity index is 856. The van der Waals surface area contributed by atoms with Gasteiger partial charge in [0.25, 0.3) is 0 Å². The topological polar surface area (TPSA) is 77.5 Å². The van der Waals surface area contributed by atoms with Crippen LogP contribution < -0.4 is 24.8 Å². The Morgan fingerprint density at radius 2 is 1.67 bits per heavy atom. The lowest BCUT2D eigenvalue weighted by Crippen LogP contribution is -2.13. The van der Waals surface area contributed by atoms with Gasteiger partial charge in [0, 0.05) is 18.0 Å². The van der Waals surface area contributed by atoms with Gasteiger partial charge in [-0.1, -0.05) is 6.07 Å². The zero-order valence-corrected chi connectivity index (χ0v) is 15.3. The molecule has 0 radical (unpaired) electrons. The van der Waals surface area contributed by atoms with Crippen LogP contribution in [0.1, 0.15) is 0 Å². The summed E-state index contributed by atoms with van der Waals surface area (Å²) in [7, 11) is 3.27. The van der Waals surface area contributed by atoms with Crippen LogP contribution in [0.5, 0.6) is 17.2 Å². The molecule has 1 heterocycles. The molecule has 0 bridgehead atoms. The molecule has 0 unspecified atom stereocenters. The third kappa shape index (κ3) is 5.50. The van der Waals surface area contributed by atoms with Crippen molar-refractivity contribution < 1.29 is 14.2 Å². The molecule has 0 amide bonds. The minimum absolute atomic E-state index is 0.504. The van der Waals surface area contributed by atoms with Gasteiger partial charge < -0.3 is 24.8 Å². The SMILES string of the molecule is COc1ccc(OCCNc2ccnc(Nc3cccc(OC)c3)n2)cc1. The van der Waals surface area contributed by atoms with Crippen LogP contribution in [0.25, 0.3) is 0 Å². The number of rotatable bonds is 9. The lowest BCUT2D eigenvalue weighted by atomic mass is 10.3. The molecule has 140 valence electrons. The highest BCUT2D eigenvalue weighted by Gasteiger charge is 2.02. The second-order valence-electron chi connectivity index (χ2n) is 5.57. The zero-order valence-electron chi connectivity index (χ0n) is 15.3. The van der Waals surface area contributed by atoms with E-state index in [9.17, 15) is 0 Å². The van der Waals surface area contributed by atoms with E-state index in [2.05, 4.69) is 20.6 Å². The highest BCUT2D eigenvalue weighted by atomic mass is 16.5. The number of nitrogens with one attached hydrogen (secondary N) is 2. The average molecular weight is 366 g/mol. The largest absolute Gasteiger partial charge is 0.497 e. The molecule has 0 aliphatic rings. The van der Waals surface area contributed by atoms with Gasteiger partial charge in [0.2, 0.25) is 5.95 Å². The Kier molecular flexibility index (Phi) is 6.30. The highest BCUT2D eigenvalue weighted by molar-refractivity contribution is 5.56. The van der Waals surface area contributed by atoms with Gasteiger partial charge in [-0.15, -0.1) is 0 Å². The van der Waals surface area contributed by atoms with Crippen molar-refractivity contribution in [2.24, 2.45) is 0 Å². The van der Waals surface area contributed by atoms with Gasteiger partial charge >= 0.3 is 0 Å². The minimum Gasteiger partial charge on any atom is -0.497 e. The fourth-order valence-electron chi connectivity index (χ4n) is 2.37. The van der Waals surface area contributed by atoms with Gasteiger partial charge in [0.05, 0.1) is 20.8 Å². The fraction of sp³-hybridized carbons (Fsp3) is 0.200. The Morgan fingerprint density at radius 3 is 2.44 bits per heavy atom. The average Bonchev–Trinajstić information content (AvgIpc) is 2.72. The molecule has 7 nitrogen and oxygen atoms in total. The van der Waals surface area contributed by atoms with E-state index in [0.717, 1.165) is 22.9 Å². The molecule has 7 heteroatoms. The lowest BCUT2D eigenvalue weighted by Gasteiger charge is -2.10. The molecule has 2 aromatic carbocycles. The van der Waals surface area contributed by atoms with Gasteiger partial charge in [-0.25, -0.2) is 4.98 Å². The first-order chi connectivity index (χ1) is 13.3. The fourth-order valence-corrected chi connectivity index (χ4v) is 2.37. The van der Waals surface area contributed by atoms with Crippen molar-refractivity contribution in [3.63, 3.8) is 0 Å². The summed E-state index contributed by atoms with van der Waals surface area (Å²) in [6.45, 7) is 1.12. The normalized spacial score (nSPS) is 10.1. The number of hydrogen-bond donors (Lipinski definition) is 2. The number of ether oxygens (including phenoxy) is 3. The van der Waals surface area contributed by atoms with Crippen LogP contribution in [0.3, 0.4) is 0 Å². The van der Waals surface area contributed by atoms with Crippen LogP contribution in [-0.4, -0.2) is 37.3 Å². The molecular weight excluding hydrogens is 344 g/mol. The van der Waals surface area contributed by atoms with Crippen molar-refractivity contribution in [1.29, 1.82) is 0 Å². The van der Waals surface area contributed by atoms with Crippen molar-refractivity contribution in [2.75, 3.05) is 38.0 Å². The van der Waals surface area contributed by atoms with Gasteiger partial charge in [-0.3, -0.25) is 0 Å². The van der Waals surface area contributed by atoms with Crippen LogP contribution in [0, 0.1) is 0 Å². The summed E-state index contributed by atoms with van der Waals surface area (Å²) >= 11 is 0. The number of aromatic nitrogens is 2. The summed E-state index contributed by atoms with van der Waals surface area (Å²) in [5, 5.41) is 6.38. The third-order valence-corrected chi connectivity index (χ3v) is 3.72. The maximum Gasteiger partial charge on any atom is 0.229 e. The molecule has 27 heavy (non-hydrogen) atoms. The predicted molar refractivity (Wildman–Crippen MR) is 105 cm³/mol. The second kappa shape index (κ2) is 9.28. The maximum absolute atomic E-state index is 5.69. The van der Waals surface area contributed by atoms with Gasteiger partial charge in [-0.2, -0.15) is 4.98 Å². The van der Waals surface area contributed by atoms with Crippen molar-refractivity contribution >= 4 is 17.5 Å². The van der Waals surface area contributed by atoms with Crippen LogP contribution >= 0.6 is 0 Å². The molecule has 2 N–H and O–H groups in total. The van der Waals surface area contributed by atoms with Gasteiger partial charge in [0.1, 0.15) is 29.7 Å². The Labute approximate surface area is 158 Å². The highest BCUT2D eigenvalue weighted by Crippen LogP contribution is 2.20. The maximum atomic E-state index is 5.69. The molecule has 3 rings (SSSR count). The first-order valence-corrected chi connectivity index (χ1v) is 8.51. The quantitative estimate of drug-likeness (QED) is 0.559. The Morgan fingerprint density at radius 1 is 0.889 bits per heavy atom. The van der Waals surface area contributed by atoms with Crippen molar-refractivity contribution in [3.8, 4) is 17.2 Å². The summed E-state index contributed by atoms with van der Waals surface area (Å²) in [4.78, 5) is 8.68. The van der Waals surface area contributed by atoms with E-state index in [1.165, 1.54) is 0 Å². The standard InChI is InChI=1S/C20H22N4O3/c1-25-16-6-8-17(9-7-16)27-13-12-21-19-10-11-22-20(24-19)23-15-4-3-5-18(14-15)26-2/h3-11,14H,12-13H2,1-2H3,(H2,21,22,23,24). The summed E-state index contributed by atoms with van der Waals surface area (Å²) in [6.07, 6.45) is 1.70. The molecular formula is C20H22N4O3. The predicted octanol–water partition coefficient (Wildman–Crippen LogP) is 3.73. The smallest absolute Gasteiger partial charge is 0.229 e. The molecule has 0 aliphatic carbocycles. The molecule has 0 fully saturated rings. The second-order valence-corrected chi connectivity index (χ2v) is 5.57. The summed E-state index contributed by atoms with van der Waals surface area (Å²) in [5.41, 5.74) is 0.856. The van der Waals surface area contributed by atoms with Crippen molar-refractivity contribution in [1.82, 2.24) is 9.97 Å². The van der Waals surface area contributed by atoms with Gasteiger partial charge in [-0.05, 0) is 42.5 Å². The van der Waals surface area contributed by atoms with Gasteiger partial charge in [0.15, 0.2) is 0 Å². The minimum atomic E-state index is 0.504. The first kappa shape index (κ1) is 18.3. The third-order valence-electron chi connectivity index (χ3n) is 3.72. The molecule has 3 aromatic rings. The zero-order chi connectivity index (χ0) is 18.9. The molecule has 0 atom stereocenters. The van der Waals surface area contributed by atoms with E-state index in [1.54, 1.807) is 20.4 Å². The first-order valence-electron chi connectivity index (χ1n) is 8.51. The van der Waals surface area contributed by atoms with E-state index in [0.29, 0.717) is 24.9 Å². The molecule has 0 aliphatic heterocycles.